The second-order valence-electron chi connectivity index (χ2n) is 7.13. The molecule has 0 unspecified atom stereocenters. The quantitative estimate of drug-likeness (QED) is 0.755. The van der Waals surface area contributed by atoms with Gasteiger partial charge in [-0.1, -0.05) is 39.0 Å². The van der Waals surface area contributed by atoms with Crippen LogP contribution in [0.2, 0.25) is 0 Å². The maximum atomic E-state index is 12.3. The largest absolute Gasteiger partial charge is 0.497 e. The highest BCUT2D eigenvalue weighted by Gasteiger charge is 2.19. The molecule has 0 heterocycles. The van der Waals surface area contributed by atoms with E-state index in [-0.39, 0.29) is 17.7 Å². The molecule has 0 bridgehead atoms. The molecule has 0 spiro atoms. The van der Waals surface area contributed by atoms with Gasteiger partial charge >= 0.3 is 0 Å². The van der Waals surface area contributed by atoms with Gasteiger partial charge in [-0.25, -0.2) is 0 Å². The van der Waals surface area contributed by atoms with E-state index in [4.69, 9.17) is 9.47 Å². The molecule has 2 amide bonds. The molecule has 27 heavy (non-hydrogen) atoms. The summed E-state index contributed by atoms with van der Waals surface area (Å²) in [5, 5.41) is 5.52. The summed E-state index contributed by atoms with van der Waals surface area (Å²) in [4.78, 5) is 24.6. The molecule has 0 fully saturated rings. The lowest BCUT2D eigenvalue weighted by Crippen LogP contribution is -2.23. The van der Waals surface area contributed by atoms with Crippen LogP contribution in [0.5, 0.6) is 11.5 Å². The third-order valence-corrected chi connectivity index (χ3v) is 4.01. The van der Waals surface area contributed by atoms with Crippen molar-refractivity contribution in [2.75, 3.05) is 24.9 Å². The lowest BCUT2D eigenvalue weighted by Gasteiger charge is -2.23. The number of amides is 2. The average Bonchev–Trinajstić information content (AvgIpc) is 2.61. The van der Waals surface area contributed by atoms with Crippen molar-refractivity contribution in [1.29, 1.82) is 0 Å². The van der Waals surface area contributed by atoms with Crippen LogP contribution in [0.15, 0.2) is 42.5 Å². The van der Waals surface area contributed by atoms with Gasteiger partial charge in [0.25, 0.3) is 0 Å². The van der Waals surface area contributed by atoms with Crippen molar-refractivity contribution in [3.63, 3.8) is 0 Å². The molecule has 2 aromatic rings. The maximum absolute atomic E-state index is 12.3. The van der Waals surface area contributed by atoms with E-state index in [1.165, 1.54) is 7.11 Å². The smallest absolute Gasteiger partial charge is 0.233 e. The number of anilines is 2. The number of hydrogen-bond acceptors (Lipinski definition) is 4. The highest BCUT2D eigenvalue weighted by molar-refractivity contribution is 6.08. The third-order valence-electron chi connectivity index (χ3n) is 4.01. The van der Waals surface area contributed by atoms with Crippen molar-refractivity contribution in [2.24, 2.45) is 0 Å². The first-order valence-corrected chi connectivity index (χ1v) is 8.66. The fourth-order valence-electron chi connectivity index (χ4n) is 2.68. The minimum atomic E-state index is -0.427. The predicted molar refractivity (Wildman–Crippen MR) is 107 cm³/mol. The number of carbonyl (C=O) groups excluding carboxylic acids is 2. The van der Waals surface area contributed by atoms with E-state index in [0.29, 0.717) is 22.9 Å². The van der Waals surface area contributed by atoms with Crippen LogP contribution in [0.3, 0.4) is 0 Å². The number of benzene rings is 2. The maximum Gasteiger partial charge on any atom is 0.233 e. The van der Waals surface area contributed by atoms with Crippen molar-refractivity contribution in [3.05, 3.63) is 48.0 Å². The van der Waals surface area contributed by atoms with Crippen LogP contribution in [-0.4, -0.2) is 26.0 Å². The van der Waals surface area contributed by atoms with Gasteiger partial charge in [0.15, 0.2) is 0 Å². The molecular formula is C21H26N2O4. The van der Waals surface area contributed by atoms with Crippen molar-refractivity contribution in [2.45, 2.75) is 32.6 Å². The second kappa shape index (κ2) is 8.58. The standard InChI is InChI=1S/C21H26N2O4/c1-21(2,3)15-8-6-7-9-16(15)22-19(24)13-20(25)23-17-11-10-14(26-4)12-18(17)27-5/h6-12H,13H2,1-5H3,(H,22,24)(H,23,25). The zero-order valence-electron chi connectivity index (χ0n) is 16.4. The number of carbonyl (C=O) groups is 2. The Morgan fingerprint density at radius 3 is 2.11 bits per heavy atom. The molecule has 2 aromatic carbocycles. The van der Waals surface area contributed by atoms with Gasteiger partial charge in [-0.3, -0.25) is 9.59 Å². The summed E-state index contributed by atoms with van der Waals surface area (Å²) >= 11 is 0. The molecule has 6 nitrogen and oxygen atoms in total. The molecule has 0 aliphatic rings. The number of ether oxygens (including phenoxy) is 2. The van der Waals surface area contributed by atoms with Gasteiger partial charge in [0.2, 0.25) is 11.8 Å². The van der Waals surface area contributed by atoms with Crippen LogP contribution in [0.4, 0.5) is 11.4 Å². The topological polar surface area (TPSA) is 76.7 Å². The molecule has 0 aliphatic heterocycles. The zero-order valence-corrected chi connectivity index (χ0v) is 16.4. The summed E-state index contributed by atoms with van der Waals surface area (Å²) in [5.74, 6) is 0.267. The van der Waals surface area contributed by atoms with E-state index < -0.39 is 5.91 Å². The molecule has 0 saturated heterocycles. The highest BCUT2D eigenvalue weighted by atomic mass is 16.5. The van der Waals surface area contributed by atoms with Gasteiger partial charge in [0, 0.05) is 11.8 Å². The van der Waals surface area contributed by atoms with E-state index in [1.807, 2.05) is 24.3 Å². The molecule has 6 heteroatoms. The van der Waals surface area contributed by atoms with Gasteiger partial charge in [0.1, 0.15) is 17.9 Å². The molecular weight excluding hydrogens is 344 g/mol. The first-order chi connectivity index (χ1) is 12.7. The SMILES string of the molecule is COc1ccc(NC(=O)CC(=O)Nc2ccccc2C(C)(C)C)c(OC)c1. The fraction of sp³-hybridized carbons (Fsp3) is 0.333. The Hall–Kier alpha value is -3.02. The Bertz CT molecular complexity index is 825. The van der Waals surface area contributed by atoms with Gasteiger partial charge in [-0.2, -0.15) is 0 Å². The van der Waals surface area contributed by atoms with E-state index in [9.17, 15) is 9.59 Å². The van der Waals surface area contributed by atoms with E-state index in [0.717, 1.165) is 5.56 Å². The number of rotatable bonds is 6. The summed E-state index contributed by atoms with van der Waals surface area (Å²) < 4.78 is 10.4. The third kappa shape index (κ3) is 5.48. The molecule has 0 atom stereocenters. The Balaban J connectivity index is 2.04. The summed E-state index contributed by atoms with van der Waals surface area (Å²) in [6.45, 7) is 6.21. The van der Waals surface area contributed by atoms with Gasteiger partial charge in [-0.05, 0) is 29.2 Å². The number of hydrogen-bond donors (Lipinski definition) is 2. The lowest BCUT2D eigenvalue weighted by atomic mass is 9.86. The number of para-hydroxylation sites is 1. The highest BCUT2D eigenvalue weighted by Crippen LogP contribution is 2.30. The van der Waals surface area contributed by atoms with Crippen LogP contribution in [0.1, 0.15) is 32.8 Å². The molecule has 0 aliphatic carbocycles. The summed E-state index contributed by atoms with van der Waals surface area (Å²) in [6, 6.07) is 12.6. The summed E-state index contributed by atoms with van der Waals surface area (Å²) in [6.07, 6.45) is -0.298. The van der Waals surface area contributed by atoms with Crippen molar-refractivity contribution < 1.29 is 19.1 Å². The second-order valence-corrected chi connectivity index (χ2v) is 7.13. The normalized spacial score (nSPS) is 10.9. The van der Waals surface area contributed by atoms with Crippen LogP contribution in [0.25, 0.3) is 0 Å². The van der Waals surface area contributed by atoms with Crippen molar-refractivity contribution in [1.82, 2.24) is 0 Å². The van der Waals surface area contributed by atoms with Crippen LogP contribution < -0.4 is 20.1 Å². The first-order valence-electron chi connectivity index (χ1n) is 8.66. The Morgan fingerprint density at radius 2 is 1.52 bits per heavy atom. The Kier molecular flexibility index (Phi) is 6.45. The Morgan fingerprint density at radius 1 is 0.889 bits per heavy atom. The van der Waals surface area contributed by atoms with Crippen LogP contribution in [0, 0.1) is 0 Å². The minimum absolute atomic E-state index is 0.122. The fourth-order valence-corrected chi connectivity index (χ4v) is 2.68. The predicted octanol–water partition coefficient (Wildman–Crippen LogP) is 3.97. The molecule has 0 aromatic heterocycles. The monoisotopic (exact) mass is 370 g/mol. The zero-order chi connectivity index (χ0) is 20.0. The van der Waals surface area contributed by atoms with Crippen LogP contribution >= 0.6 is 0 Å². The Labute approximate surface area is 159 Å². The van der Waals surface area contributed by atoms with Gasteiger partial charge in [-0.15, -0.1) is 0 Å². The summed E-state index contributed by atoms with van der Waals surface area (Å²) in [5.41, 5.74) is 2.08. The lowest BCUT2D eigenvalue weighted by molar-refractivity contribution is -0.123. The van der Waals surface area contributed by atoms with E-state index in [2.05, 4.69) is 31.4 Å². The number of methoxy groups -OCH3 is 2. The van der Waals surface area contributed by atoms with Gasteiger partial charge in [0.05, 0.1) is 19.9 Å². The van der Waals surface area contributed by atoms with Crippen molar-refractivity contribution in [3.8, 4) is 11.5 Å². The molecule has 0 saturated carbocycles. The van der Waals surface area contributed by atoms with Crippen molar-refractivity contribution >= 4 is 23.2 Å². The average molecular weight is 370 g/mol. The number of nitrogens with one attached hydrogen (secondary N) is 2. The molecule has 144 valence electrons. The van der Waals surface area contributed by atoms with E-state index in [1.54, 1.807) is 25.3 Å². The molecule has 2 rings (SSSR count). The molecule has 2 N–H and O–H groups in total. The van der Waals surface area contributed by atoms with E-state index >= 15 is 0 Å². The first kappa shape index (κ1) is 20.3. The van der Waals surface area contributed by atoms with Crippen LogP contribution in [-0.2, 0) is 15.0 Å². The minimum Gasteiger partial charge on any atom is -0.497 e. The summed E-state index contributed by atoms with van der Waals surface area (Å²) in [7, 11) is 3.05. The van der Waals surface area contributed by atoms with Gasteiger partial charge < -0.3 is 20.1 Å². The molecule has 0 radical (unpaired) electrons.